The van der Waals surface area contributed by atoms with E-state index in [2.05, 4.69) is 0 Å². The quantitative estimate of drug-likeness (QED) is 0.0712. The number of phenolic OH excluding ortho intramolecular Hbond substituents is 4. The number of benzene rings is 4. The fourth-order valence-corrected chi connectivity index (χ4v) is 5.28. The Bertz CT molecular complexity index is 1740. The van der Waals surface area contributed by atoms with Crippen molar-refractivity contribution in [1.82, 2.24) is 18.7 Å². The summed E-state index contributed by atoms with van der Waals surface area (Å²) in [6.45, 7) is 0.0435. The molecule has 0 fully saturated rings. The first kappa shape index (κ1) is 54.0. The molecule has 1 radical (unpaired) electrons. The summed E-state index contributed by atoms with van der Waals surface area (Å²) in [5, 5.41) is 37.4. The summed E-state index contributed by atoms with van der Waals surface area (Å²) in [5.41, 5.74) is 1.94. The smallest absolute Gasteiger partial charge is 0.508 e. The first-order chi connectivity index (χ1) is 25.6. The molecule has 0 bridgehead atoms. The molecule has 0 saturated carbocycles. The molecular formula is C32H48CuN4O16P4+2. The van der Waals surface area contributed by atoms with Gasteiger partial charge >= 0.3 is 48.1 Å². The monoisotopic (exact) mass is 931 g/mol. The molecule has 12 N–H and O–H groups in total. The molecule has 57 heavy (non-hydrogen) atoms. The standard InChI is InChI=1S/4C8H12NO4P.Cu/c4*1-9(14(11,12)13)6-7-4-2-3-5-8(7)10;/h4*2-5,10H,6H2,1H3,(H2,11,12,13);/q;;;;+2. The van der Waals surface area contributed by atoms with Gasteiger partial charge in [-0.15, -0.1) is 0 Å². The SMILES string of the molecule is CN(Cc1ccccc1O)P(=O)(O)O.CN(Cc1ccccc1O)P(=O)(O)O.CN(Cc1ccccc1O)P(=O)(O)O.CN(Cc1ccccc1O)P(=O)(O)O.[Cu+2]. The Morgan fingerprint density at radius 3 is 0.614 bits per heavy atom. The van der Waals surface area contributed by atoms with Crippen LogP contribution in [-0.2, 0) is 61.5 Å². The Balaban J connectivity index is 0.000000729. The summed E-state index contributed by atoms with van der Waals surface area (Å²) >= 11 is 0. The van der Waals surface area contributed by atoms with Gasteiger partial charge < -0.3 is 59.6 Å². The minimum Gasteiger partial charge on any atom is -0.508 e. The second-order valence-corrected chi connectivity index (χ2v) is 18.7. The molecule has 0 unspecified atom stereocenters. The molecule has 0 aliphatic heterocycles. The predicted molar refractivity (Wildman–Crippen MR) is 206 cm³/mol. The van der Waals surface area contributed by atoms with E-state index in [0.29, 0.717) is 22.3 Å². The normalized spacial score (nSPS) is 11.8. The van der Waals surface area contributed by atoms with Crippen molar-refractivity contribution in [2.24, 2.45) is 0 Å². The van der Waals surface area contributed by atoms with Crippen molar-refractivity contribution in [3.05, 3.63) is 119 Å². The van der Waals surface area contributed by atoms with E-state index in [1.54, 1.807) is 72.8 Å². The van der Waals surface area contributed by atoms with Gasteiger partial charge in [-0.2, -0.15) is 0 Å². The number of rotatable bonds is 12. The van der Waals surface area contributed by atoms with Crippen molar-refractivity contribution in [1.29, 1.82) is 0 Å². The summed E-state index contributed by atoms with van der Waals surface area (Å²) in [4.78, 5) is 70.4. The van der Waals surface area contributed by atoms with E-state index in [9.17, 15) is 38.7 Å². The van der Waals surface area contributed by atoms with E-state index in [1.807, 2.05) is 0 Å². The summed E-state index contributed by atoms with van der Waals surface area (Å²) in [7, 11) is -11.7. The van der Waals surface area contributed by atoms with Gasteiger partial charge in [-0.05, 0) is 52.5 Å². The van der Waals surface area contributed by atoms with Crippen LogP contribution in [0.5, 0.6) is 23.0 Å². The zero-order valence-electron chi connectivity index (χ0n) is 30.9. The Labute approximate surface area is 340 Å². The van der Waals surface area contributed by atoms with E-state index in [4.69, 9.17) is 39.1 Å². The second-order valence-electron chi connectivity index (χ2n) is 11.8. The molecule has 0 spiro atoms. The molecule has 321 valence electrons. The largest absolute Gasteiger partial charge is 2.00 e. The third-order valence-corrected chi connectivity index (χ3v) is 11.5. The molecule has 0 aliphatic rings. The number of para-hydroxylation sites is 4. The predicted octanol–water partition coefficient (Wildman–Crippen LogP) is 3.66. The average molecular weight is 932 g/mol. The van der Waals surface area contributed by atoms with Crippen LogP contribution in [0.15, 0.2) is 97.1 Å². The summed E-state index contributed by atoms with van der Waals surface area (Å²) in [6, 6.07) is 25.7. The summed E-state index contributed by atoms with van der Waals surface area (Å²) in [5.74, 6) is 0.140. The maximum atomic E-state index is 10.8. The number of nitrogens with zero attached hydrogens (tertiary/aromatic N) is 4. The van der Waals surface area contributed by atoms with Crippen LogP contribution in [0.2, 0.25) is 0 Å². The third kappa shape index (κ3) is 21.0. The van der Waals surface area contributed by atoms with Crippen molar-refractivity contribution >= 4 is 31.0 Å². The van der Waals surface area contributed by atoms with Crippen LogP contribution in [0.1, 0.15) is 22.3 Å². The zero-order chi connectivity index (χ0) is 43.1. The molecule has 0 atom stereocenters. The summed E-state index contributed by atoms with van der Waals surface area (Å²) in [6.07, 6.45) is 0. The molecule has 4 rings (SSSR count). The van der Waals surface area contributed by atoms with Crippen molar-refractivity contribution in [3.63, 3.8) is 0 Å². The third-order valence-electron chi connectivity index (χ3n) is 7.34. The van der Waals surface area contributed by atoms with Gasteiger partial charge in [-0.25, -0.2) is 36.9 Å². The van der Waals surface area contributed by atoms with E-state index in [-0.39, 0.29) is 66.2 Å². The zero-order valence-corrected chi connectivity index (χ0v) is 35.5. The molecule has 4 aromatic carbocycles. The average Bonchev–Trinajstić information content (AvgIpc) is 3.08. The molecule has 4 aromatic rings. The number of aromatic hydroxyl groups is 4. The van der Waals surface area contributed by atoms with E-state index in [1.165, 1.54) is 52.5 Å². The van der Waals surface area contributed by atoms with Gasteiger partial charge in [0, 0.05) is 48.4 Å². The van der Waals surface area contributed by atoms with Crippen LogP contribution < -0.4 is 0 Å². The molecule has 0 aromatic heterocycles. The Morgan fingerprint density at radius 2 is 0.491 bits per heavy atom. The number of phenols is 4. The molecule has 0 amide bonds. The van der Waals surface area contributed by atoms with E-state index in [0.717, 1.165) is 18.7 Å². The molecule has 0 aliphatic carbocycles. The topological polar surface area (TPSA) is 324 Å². The van der Waals surface area contributed by atoms with Gasteiger partial charge in [0.25, 0.3) is 0 Å². The van der Waals surface area contributed by atoms with Gasteiger partial charge in [-0.1, -0.05) is 72.8 Å². The van der Waals surface area contributed by atoms with Gasteiger partial charge in [0.05, 0.1) is 0 Å². The Morgan fingerprint density at radius 1 is 0.351 bits per heavy atom. The molecule has 20 nitrogen and oxygen atoms in total. The van der Waals surface area contributed by atoms with Crippen molar-refractivity contribution in [3.8, 4) is 23.0 Å². The fraction of sp³-hybridized carbons (Fsp3) is 0.250. The van der Waals surface area contributed by atoms with Crippen LogP contribution in [0.25, 0.3) is 0 Å². The van der Waals surface area contributed by atoms with Crippen LogP contribution >= 0.6 is 31.0 Å². The molecule has 0 heterocycles. The fourth-order valence-electron chi connectivity index (χ4n) is 3.93. The van der Waals surface area contributed by atoms with Crippen LogP contribution in [-0.4, -0.2) is 106 Å². The van der Waals surface area contributed by atoms with Crippen LogP contribution in [0.4, 0.5) is 0 Å². The Hall–Kier alpha value is -2.96. The summed E-state index contributed by atoms with van der Waals surface area (Å²) < 4.78 is 46.7. The van der Waals surface area contributed by atoms with Gasteiger partial charge in [-0.3, -0.25) is 0 Å². The minimum absolute atomic E-state index is 0. The van der Waals surface area contributed by atoms with Crippen molar-refractivity contribution in [2.75, 3.05) is 28.2 Å². The number of hydrogen-bond donors (Lipinski definition) is 12. The van der Waals surface area contributed by atoms with E-state index < -0.39 is 31.0 Å². The first-order valence-electron chi connectivity index (χ1n) is 15.8. The van der Waals surface area contributed by atoms with Crippen molar-refractivity contribution < 1.29 is 94.9 Å². The van der Waals surface area contributed by atoms with Crippen molar-refractivity contribution in [2.45, 2.75) is 26.2 Å². The van der Waals surface area contributed by atoms with Crippen LogP contribution in [0.3, 0.4) is 0 Å². The second kappa shape index (κ2) is 24.2. The first-order valence-corrected chi connectivity index (χ1v) is 22.1. The van der Waals surface area contributed by atoms with Gasteiger partial charge in [0.15, 0.2) is 0 Å². The maximum absolute atomic E-state index is 10.8. The van der Waals surface area contributed by atoms with Gasteiger partial charge in [0.2, 0.25) is 0 Å². The molecular weight excluding hydrogens is 884 g/mol. The van der Waals surface area contributed by atoms with Gasteiger partial charge in [0.1, 0.15) is 23.0 Å². The minimum atomic E-state index is -4.22. The molecule has 0 saturated heterocycles. The Kier molecular flexibility index (Phi) is 22.9. The van der Waals surface area contributed by atoms with E-state index >= 15 is 0 Å². The van der Waals surface area contributed by atoms with Crippen LogP contribution in [0, 0.1) is 0 Å². The molecule has 25 heteroatoms. The maximum Gasteiger partial charge on any atom is 2.00 e. The number of hydrogen-bond acceptors (Lipinski definition) is 8.